The Morgan fingerprint density at radius 3 is 2.68 bits per heavy atom. The van der Waals surface area contributed by atoms with Crippen molar-refractivity contribution in [3.63, 3.8) is 0 Å². The van der Waals surface area contributed by atoms with E-state index in [0.717, 1.165) is 0 Å². The minimum absolute atomic E-state index is 0.000333. The standard InChI is InChI=1S/C10H15F2N3O3S/c1-13-10-3-2-8(6-14-10)19(16,17)15-4-5-18-7-9(11)12/h2-3,6,9,15H,4-5,7H2,1H3,(H,13,14). The van der Waals surface area contributed by atoms with Crippen LogP contribution in [0.2, 0.25) is 0 Å². The number of halogens is 2. The van der Waals surface area contributed by atoms with Crippen LogP contribution in [-0.2, 0) is 14.8 Å². The van der Waals surface area contributed by atoms with Crippen molar-refractivity contribution >= 4 is 15.8 Å². The molecule has 0 amide bonds. The first-order chi connectivity index (χ1) is 8.95. The number of ether oxygens (including phenoxy) is 1. The van der Waals surface area contributed by atoms with Gasteiger partial charge in [0, 0.05) is 19.8 Å². The van der Waals surface area contributed by atoms with Crippen molar-refractivity contribution in [2.75, 3.05) is 32.1 Å². The second kappa shape index (κ2) is 7.31. The van der Waals surface area contributed by atoms with Crippen molar-refractivity contribution in [2.24, 2.45) is 0 Å². The van der Waals surface area contributed by atoms with Gasteiger partial charge in [-0.05, 0) is 12.1 Å². The molecule has 0 aliphatic carbocycles. The van der Waals surface area contributed by atoms with Gasteiger partial charge in [0.1, 0.15) is 17.3 Å². The first kappa shape index (κ1) is 15.7. The summed E-state index contributed by atoms with van der Waals surface area (Å²) >= 11 is 0. The average molecular weight is 295 g/mol. The van der Waals surface area contributed by atoms with Gasteiger partial charge in [0.2, 0.25) is 10.0 Å². The monoisotopic (exact) mass is 295 g/mol. The molecule has 0 aromatic carbocycles. The highest BCUT2D eigenvalue weighted by molar-refractivity contribution is 7.89. The summed E-state index contributed by atoms with van der Waals surface area (Å²) in [6.07, 6.45) is -1.36. The van der Waals surface area contributed by atoms with Crippen LogP contribution in [0.15, 0.2) is 23.2 Å². The average Bonchev–Trinajstić information content (AvgIpc) is 2.38. The molecule has 1 aromatic heterocycles. The molecule has 108 valence electrons. The third-order valence-corrected chi connectivity index (χ3v) is 3.53. The molecule has 9 heteroatoms. The van der Waals surface area contributed by atoms with Gasteiger partial charge in [-0.15, -0.1) is 0 Å². The van der Waals surface area contributed by atoms with E-state index in [2.05, 4.69) is 19.8 Å². The number of rotatable bonds is 8. The molecular formula is C10H15F2N3O3S. The second-order valence-electron chi connectivity index (χ2n) is 3.49. The zero-order valence-corrected chi connectivity index (χ0v) is 11.1. The highest BCUT2D eigenvalue weighted by atomic mass is 32.2. The van der Waals surface area contributed by atoms with Gasteiger partial charge < -0.3 is 10.1 Å². The fraction of sp³-hybridized carbons (Fsp3) is 0.500. The Hall–Kier alpha value is -1.32. The summed E-state index contributed by atoms with van der Waals surface area (Å²) < 4.78 is 53.8. The fourth-order valence-electron chi connectivity index (χ4n) is 1.19. The van der Waals surface area contributed by atoms with Crippen LogP contribution in [0.25, 0.3) is 0 Å². The Morgan fingerprint density at radius 2 is 2.16 bits per heavy atom. The van der Waals surface area contributed by atoms with E-state index in [1.54, 1.807) is 7.05 Å². The Labute approximate surface area is 110 Å². The normalized spacial score (nSPS) is 11.8. The maximum Gasteiger partial charge on any atom is 0.261 e. The minimum atomic E-state index is -3.69. The van der Waals surface area contributed by atoms with Gasteiger partial charge in [-0.3, -0.25) is 0 Å². The van der Waals surface area contributed by atoms with E-state index in [1.807, 2.05) is 0 Å². The summed E-state index contributed by atoms with van der Waals surface area (Å²) in [6.45, 7) is -0.908. The lowest BCUT2D eigenvalue weighted by molar-refractivity contribution is 0.0199. The number of aromatic nitrogens is 1. The lowest BCUT2D eigenvalue weighted by Gasteiger charge is -2.07. The van der Waals surface area contributed by atoms with E-state index in [-0.39, 0.29) is 18.0 Å². The van der Waals surface area contributed by atoms with E-state index in [9.17, 15) is 17.2 Å². The van der Waals surface area contributed by atoms with Gasteiger partial charge in [0.15, 0.2) is 0 Å². The summed E-state index contributed by atoms with van der Waals surface area (Å²) in [7, 11) is -2.03. The van der Waals surface area contributed by atoms with Crippen molar-refractivity contribution in [3.05, 3.63) is 18.3 Å². The maximum absolute atomic E-state index is 11.8. The number of hydrogen-bond donors (Lipinski definition) is 2. The molecule has 0 saturated carbocycles. The summed E-state index contributed by atoms with van der Waals surface area (Å²) in [6, 6.07) is 2.91. The van der Waals surface area contributed by atoms with Gasteiger partial charge >= 0.3 is 0 Å². The molecule has 0 radical (unpaired) electrons. The third-order valence-electron chi connectivity index (χ3n) is 2.09. The quantitative estimate of drug-likeness (QED) is 0.690. The molecule has 0 aliphatic rings. The molecule has 2 N–H and O–H groups in total. The van der Waals surface area contributed by atoms with Gasteiger partial charge in [-0.25, -0.2) is 26.9 Å². The Kier molecular flexibility index (Phi) is 6.06. The van der Waals surface area contributed by atoms with Crippen LogP contribution in [0.3, 0.4) is 0 Å². The number of anilines is 1. The van der Waals surface area contributed by atoms with E-state index >= 15 is 0 Å². The minimum Gasteiger partial charge on any atom is -0.374 e. The number of sulfonamides is 1. The van der Waals surface area contributed by atoms with Crippen molar-refractivity contribution in [1.82, 2.24) is 9.71 Å². The van der Waals surface area contributed by atoms with Gasteiger partial charge in [0.05, 0.1) is 6.61 Å². The molecule has 0 aliphatic heterocycles. The Morgan fingerprint density at radius 1 is 1.42 bits per heavy atom. The number of hydrogen-bond acceptors (Lipinski definition) is 5. The van der Waals surface area contributed by atoms with E-state index in [1.165, 1.54) is 18.3 Å². The van der Waals surface area contributed by atoms with Crippen LogP contribution in [0.5, 0.6) is 0 Å². The lowest BCUT2D eigenvalue weighted by atomic mass is 10.5. The molecule has 0 fully saturated rings. The molecule has 1 heterocycles. The highest BCUT2D eigenvalue weighted by Crippen LogP contribution is 2.09. The number of nitrogens with one attached hydrogen (secondary N) is 2. The fourth-order valence-corrected chi connectivity index (χ4v) is 2.15. The summed E-state index contributed by atoms with van der Waals surface area (Å²) in [5.74, 6) is 0.541. The summed E-state index contributed by atoms with van der Waals surface area (Å²) in [4.78, 5) is 3.87. The van der Waals surface area contributed by atoms with Gasteiger partial charge in [-0.2, -0.15) is 0 Å². The smallest absolute Gasteiger partial charge is 0.261 e. The third kappa shape index (κ3) is 5.45. The van der Waals surface area contributed by atoms with Crippen LogP contribution in [0.1, 0.15) is 0 Å². The molecule has 0 unspecified atom stereocenters. The van der Waals surface area contributed by atoms with E-state index in [0.29, 0.717) is 5.82 Å². The zero-order chi connectivity index (χ0) is 14.3. The number of pyridine rings is 1. The summed E-state index contributed by atoms with van der Waals surface area (Å²) in [5, 5.41) is 2.76. The molecule has 0 saturated heterocycles. The van der Waals surface area contributed by atoms with Crippen molar-refractivity contribution in [1.29, 1.82) is 0 Å². The predicted molar refractivity (Wildman–Crippen MR) is 65.8 cm³/mol. The van der Waals surface area contributed by atoms with E-state index in [4.69, 9.17) is 0 Å². The molecule has 1 aromatic rings. The molecular weight excluding hydrogens is 280 g/mol. The van der Waals surface area contributed by atoms with Gasteiger partial charge in [-0.1, -0.05) is 0 Å². The molecule has 0 atom stereocenters. The lowest BCUT2D eigenvalue weighted by Crippen LogP contribution is -2.28. The Bertz CT molecular complexity index is 479. The summed E-state index contributed by atoms with van der Waals surface area (Å²) in [5.41, 5.74) is 0. The van der Waals surface area contributed by atoms with Gasteiger partial charge in [0.25, 0.3) is 6.43 Å². The molecule has 6 nitrogen and oxygen atoms in total. The van der Waals surface area contributed by atoms with E-state index < -0.39 is 23.1 Å². The molecule has 1 rings (SSSR count). The van der Waals surface area contributed by atoms with Crippen LogP contribution >= 0.6 is 0 Å². The molecule has 19 heavy (non-hydrogen) atoms. The maximum atomic E-state index is 11.8. The van der Waals surface area contributed by atoms with Crippen LogP contribution in [0.4, 0.5) is 14.6 Å². The van der Waals surface area contributed by atoms with Crippen LogP contribution < -0.4 is 10.0 Å². The number of alkyl halides is 2. The topological polar surface area (TPSA) is 80.3 Å². The molecule has 0 spiro atoms. The SMILES string of the molecule is CNc1ccc(S(=O)(=O)NCCOCC(F)F)cn1. The predicted octanol–water partition coefficient (Wildman–Crippen LogP) is 0.683. The van der Waals surface area contributed by atoms with Crippen molar-refractivity contribution < 1.29 is 21.9 Å². The van der Waals surface area contributed by atoms with Crippen LogP contribution in [-0.4, -0.2) is 46.6 Å². The van der Waals surface area contributed by atoms with Crippen molar-refractivity contribution in [3.8, 4) is 0 Å². The highest BCUT2D eigenvalue weighted by Gasteiger charge is 2.13. The first-order valence-electron chi connectivity index (χ1n) is 5.45. The zero-order valence-electron chi connectivity index (χ0n) is 10.3. The van der Waals surface area contributed by atoms with Crippen LogP contribution in [0, 0.1) is 0 Å². The molecule has 0 bridgehead atoms. The Balaban J connectivity index is 2.46. The largest absolute Gasteiger partial charge is 0.374 e. The van der Waals surface area contributed by atoms with Crippen molar-refractivity contribution in [2.45, 2.75) is 11.3 Å². The second-order valence-corrected chi connectivity index (χ2v) is 5.26. The first-order valence-corrected chi connectivity index (χ1v) is 6.93. The number of nitrogens with zero attached hydrogens (tertiary/aromatic N) is 1.